The molecule has 0 aliphatic rings. The summed E-state index contributed by atoms with van der Waals surface area (Å²) < 4.78 is 1.51. The lowest BCUT2D eigenvalue weighted by molar-refractivity contribution is 0.679. The molecule has 0 unspecified atom stereocenters. The highest BCUT2D eigenvalue weighted by atomic mass is 32.1. The highest BCUT2D eigenvalue weighted by Crippen LogP contribution is 2.30. The zero-order chi connectivity index (χ0) is 14.8. The molecule has 0 amide bonds. The Bertz CT molecular complexity index is 885. The molecular weight excluding hydrogens is 282 g/mol. The molecule has 0 aliphatic heterocycles. The normalized spacial score (nSPS) is 10.7. The Morgan fingerprint density at radius 2 is 2.10 bits per heavy atom. The van der Waals surface area contributed by atoms with Crippen molar-refractivity contribution < 1.29 is 0 Å². The van der Waals surface area contributed by atoms with Gasteiger partial charge >= 0.3 is 0 Å². The monoisotopic (exact) mass is 295 g/mol. The van der Waals surface area contributed by atoms with E-state index >= 15 is 0 Å². The molecule has 1 aromatic carbocycles. The second-order valence-electron chi connectivity index (χ2n) is 4.85. The van der Waals surface area contributed by atoms with Crippen LogP contribution in [0.4, 0.5) is 0 Å². The molecule has 4 nitrogen and oxygen atoms in total. The molecule has 2 aromatic heterocycles. The number of rotatable bonds is 3. The summed E-state index contributed by atoms with van der Waals surface area (Å²) in [6, 6.07) is 10.1. The van der Waals surface area contributed by atoms with Crippen LogP contribution >= 0.6 is 11.3 Å². The van der Waals surface area contributed by atoms with Crippen LogP contribution in [0.1, 0.15) is 12.0 Å². The molecule has 0 N–H and O–H groups in total. The van der Waals surface area contributed by atoms with Gasteiger partial charge < -0.3 is 0 Å². The fraction of sp³-hybridized carbons (Fsp3) is 0.188. The highest BCUT2D eigenvalue weighted by molar-refractivity contribution is 7.17. The minimum Gasteiger partial charge on any atom is -0.298 e. The Labute approximate surface area is 125 Å². The third-order valence-corrected chi connectivity index (χ3v) is 4.27. The van der Waals surface area contributed by atoms with Gasteiger partial charge in [0.1, 0.15) is 4.83 Å². The van der Waals surface area contributed by atoms with E-state index < -0.39 is 0 Å². The van der Waals surface area contributed by atoms with E-state index in [4.69, 9.17) is 5.26 Å². The van der Waals surface area contributed by atoms with Gasteiger partial charge in [0.25, 0.3) is 5.56 Å². The first kappa shape index (κ1) is 13.5. The molecule has 21 heavy (non-hydrogen) atoms. The van der Waals surface area contributed by atoms with Crippen molar-refractivity contribution in [3.63, 3.8) is 0 Å². The Hall–Kier alpha value is -2.45. The molecule has 104 valence electrons. The average Bonchev–Trinajstić information content (AvgIpc) is 2.92. The lowest BCUT2D eigenvalue weighted by Crippen LogP contribution is -2.20. The Morgan fingerprint density at radius 3 is 2.81 bits per heavy atom. The first-order chi connectivity index (χ1) is 10.2. The summed E-state index contributed by atoms with van der Waals surface area (Å²) in [5.41, 5.74) is 3.04. The van der Waals surface area contributed by atoms with Crippen molar-refractivity contribution in [2.45, 2.75) is 19.9 Å². The number of nitrogens with zero attached hydrogens (tertiary/aromatic N) is 3. The van der Waals surface area contributed by atoms with Gasteiger partial charge in [0.2, 0.25) is 0 Å². The summed E-state index contributed by atoms with van der Waals surface area (Å²) in [4.78, 5) is 17.6. The number of hydrogen-bond donors (Lipinski definition) is 0. The Morgan fingerprint density at radius 1 is 1.33 bits per heavy atom. The quantitative estimate of drug-likeness (QED) is 0.744. The van der Waals surface area contributed by atoms with Gasteiger partial charge in [-0.15, -0.1) is 11.3 Å². The maximum absolute atomic E-state index is 12.6. The zero-order valence-corrected chi connectivity index (χ0v) is 12.4. The van der Waals surface area contributed by atoms with Gasteiger partial charge in [-0.3, -0.25) is 9.36 Å². The Kier molecular flexibility index (Phi) is 3.55. The van der Waals surface area contributed by atoms with Crippen LogP contribution in [0.25, 0.3) is 21.3 Å². The van der Waals surface area contributed by atoms with E-state index in [2.05, 4.69) is 11.1 Å². The largest absolute Gasteiger partial charge is 0.298 e. The van der Waals surface area contributed by atoms with E-state index in [9.17, 15) is 4.79 Å². The second kappa shape index (κ2) is 5.51. The minimum atomic E-state index is -0.0768. The standard InChI is InChI=1S/C16H13N3OS/c1-11-3-5-12(6-4-11)13-9-21-15-14(13)16(20)19(10-18-15)8-2-7-17/h3-6,9-10H,2,8H2,1H3. The first-order valence-electron chi connectivity index (χ1n) is 6.61. The molecule has 0 radical (unpaired) electrons. The third-order valence-electron chi connectivity index (χ3n) is 3.39. The van der Waals surface area contributed by atoms with E-state index in [1.165, 1.54) is 27.8 Å². The van der Waals surface area contributed by atoms with Crippen molar-refractivity contribution in [3.8, 4) is 17.2 Å². The van der Waals surface area contributed by atoms with Crippen molar-refractivity contribution >= 4 is 21.6 Å². The maximum atomic E-state index is 12.6. The van der Waals surface area contributed by atoms with Crippen molar-refractivity contribution in [1.82, 2.24) is 9.55 Å². The molecule has 3 aromatic rings. The maximum Gasteiger partial charge on any atom is 0.262 e. The van der Waals surface area contributed by atoms with Crippen LogP contribution in [-0.2, 0) is 6.54 Å². The van der Waals surface area contributed by atoms with Crippen molar-refractivity contribution in [3.05, 3.63) is 51.9 Å². The van der Waals surface area contributed by atoms with Crippen LogP contribution in [0, 0.1) is 18.3 Å². The van der Waals surface area contributed by atoms with Crippen molar-refractivity contribution in [2.24, 2.45) is 0 Å². The molecule has 2 heterocycles. The fourth-order valence-corrected chi connectivity index (χ4v) is 3.15. The fourth-order valence-electron chi connectivity index (χ4n) is 2.24. The van der Waals surface area contributed by atoms with Gasteiger partial charge in [-0.1, -0.05) is 29.8 Å². The van der Waals surface area contributed by atoms with Crippen molar-refractivity contribution in [1.29, 1.82) is 5.26 Å². The van der Waals surface area contributed by atoms with Gasteiger partial charge in [-0.2, -0.15) is 5.26 Å². The van der Waals surface area contributed by atoms with Crippen LogP contribution < -0.4 is 5.56 Å². The van der Waals surface area contributed by atoms with Gasteiger partial charge in [0.05, 0.1) is 24.2 Å². The lowest BCUT2D eigenvalue weighted by atomic mass is 10.1. The third kappa shape index (κ3) is 2.46. The van der Waals surface area contributed by atoms with E-state index in [1.54, 1.807) is 0 Å². The van der Waals surface area contributed by atoms with E-state index in [0.717, 1.165) is 16.0 Å². The predicted molar refractivity (Wildman–Crippen MR) is 84.3 cm³/mol. The molecule has 0 spiro atoms. The van der Waals surface area contributed by atoms with Gasteiger partial charge in [-0.05, 0) is 12.5 Å². The average molecular weight is 295 g/mol. The van der Waals surface area contributed by atoms with E-state index in [0.29, 0.717) is 18.4 Å². The van der Waals surface area contributed by atoms with Gasteiger partial charge in [-0.25, -0.2) is 4.98 Å². The molecule has 0 fully saturated rings. The SMILES string of the molecule is Cc1ccc(-c2csc3ncn(CCC#N)c(=O)c23)cc1. The van der Waals surface area contributed by atoms with Crippen molar-refractivity contribution in [2.75, 3.05) is 0 Å². The minimum absolute atomic E-state index is 0.0768. The molecule has 0 saturated carbocycles. The molecule has 0 atom stereocenters. The number of benzene rings is 1. The molecular formula is C16H13N3OS. The number of nitriles is 1. The summed E-state index contributed by atoms with van der Waals surface area (Å²) in [5.74, 6) is 0. The number of aromatic nitrogens is 2. The van der Waals surface area contributed by atoms with E-state index in [1.807, 2.05) is 36.6 Å². The lowest BCUT2D eigenvalue weighted by Gasteiger charge is -2.04. The van der Waals surface area contributed by atoms with Gasteiger partial charge in [0.15, 0.2) is 0 Å². The second-order valence-corrected chi connectivity index (χ2v) is 5.70. The summed E-state index contributed by atoms with van der Waals surface area (Å²) in [5, 5.41) is 11.3. The molecule has 3 rings (SSSR count). The Balaban J connectivity index is 2.18. The van der Waals surface area contributed by atoms with Crippen LogP contribution in [0.15, 0.2) is 40.8 Å². The summed E-state index contributed by atoms with van der Waals surface area (Å²) in [6.07, 6.45) is 1.83. The smallest absolute Gasteiger partial charge is 0.262 e. The molecule has 0 saturated heterocycles. The number of aryl methyl sites for hydroxylation is 2. The zero-order valence-electron chi connectivity index (χ0n) is 11.5. The number of hydrogen-bond acceptors (Lipinski definition) is 4. The van der Waals surface area contributed by atoms with E-state index in [-0.39, 0.29) is 5.56 Å². The summed E-state index contributed by atoms with van der Waals surface area (Å²) in [6.45, 7) is 2.41. The first-order valence-corrected chi connectivity index (χ1v) is 7.49. The van der Waals surface area contributed by atoms with Crippen LogP contribution in [-0.4, -0.2) is 9.55 Å². The summed E-state index contributed by atoms with van der Waals surface area (Å²) in [7, 11) is 0. The van der Waals surface area contributed by atoms with Crippen LogP contribution in [0.5, 0.6) is 0 Å². The molecule has 5 heteroatoms. The summed E-state index contributed by atoms with van der Waals surface area (Å²) >= 11 is 1.47. The van der Waals surface area contributed by atoms with Crippen LogP contribution in [0.2, 0.25) is 0 Å². The highest BCUT2D eigenvalue weighted by Gasteiger charge is 2.12. The number of thiophene rings is 1. The van der Waals surface area contributed by atoms with Gasteiger partial charge in [0, 0.05) is 17.5 Å². The predicted octanol–water partition coefficient (Wildman–Crippen LogP) is 3.35. The number of fused-ring (bicyclic) bond motifs is 1. The molecule has 0 aliphatic carbocycles. The topological polar surface area (TPSA) is 58.7 Å². The molecule has 0 bridgehead atoms. The van der Waals surface area contributed by atoms with Crippen LogP contribution in [0.3, 0.4) is 0 Å².